The zero-order valence-corrected chi connectivity index (χ0v) is 15.7. The smallest absolute Gasteiger partial charge is 0.264 e. The van der Waals surface area contributed by atoms with Gasteiger partial charge in [-0.2, -0.15) is 0 Å². The molecule has 1 aromatic heterocycles. The molecule has 0 saturated heterocycles. The molecule has 2 aromatic carbocycles. The minimum Gasteiger partial charge on any atom is -0.278 e. The fourth-order valence-electron chi connectivity index (χ4n) is 4.31. The van der Waals surface area contributed by atoms with Crippen LogP contribution in [0.3, 0.4) is 0 Å². The van der Waals surface area contributed by atoms with Gasteiger partial charge in [0.2, 0.25) is 0 Å². The molecule has 0 N–H and O–H groups in total. The summed E-state index contributed by atoms with van der Waals surface area (Å²) in [7, 11) is 0. The Hall–Kier alpha value is -3.40. The number of benzene rings is 2. The monoisotopic (exact) mass is 367 g/mol. The number of pyridine rings is 1. The molecule has 3 aromatic rings. The molecule has 138 valence electrons. The van der Waals surface area contributed by atoms with E-state index in [4.69, 9.17) is 0 Å². The highest BCUT2D eigenvalue weighted by Crippen LogP contribution is 2.46. The van der Waals surface area contributed by atoms with E-state index in [1.54, 1.807) is 12.4 Å². The standard InChI is InChI=1S/C24H21N3O/c1-2-15-26(20-11-13-25-14-12-20)27-22-10-6-5-9-21(22)24(23(27)28)16-18-7-3-4-8-19(18)17-24/h3-14,16-17H,2,15H2,1H3. The van der Waals surface area contributed by atoms with Crippen molar-refractivity contribution < 1.29 is 4.79 Å². The molecule has 0 unspecified atom stereocenters. The number of rotatable bonds is 4. The van der Waals surface area contributed by atoms with Gasteiger partial charge in [0.1, 0.15) is 5.41 Å². The van der Waals surface area contributed by atoms with Crippen molar-refractivity contribution in [3.63, 3.8) is 0 Å². The number of aromatic nitrogens is 1. The molecule has 28 heavy (non-hydrogen) atoms. The molecule has 1 aliphatic carbocycles. The van der Waals surface area contributed by atoms with Crippen molar-refractivity contribution in [1.82, 2.24) is 4.98 Å². The van der Waals surface area contributed by atoms with Gasteiger partial charge in [-0.05, 0) is 35.1 Å². The normalized spacial score (nSPS) is 15.8. The van der Waals surface area contributed by atoms with Crippen molar-refractivity contribution in [3.05, 3.63) is 89.1 Å². The number of para-hydroxylation sites is 1. The van der Waals surface area contributed by atoms with Crippen LogP contribution in [0.25, 0.3) is 12.2 Å². The molecule has 1 amide bonds. The number of hydrogen-bond donors (Lipinski definition) is 0. The van der Waals surface area contributed by atoms with E-state index in [9.17, 15) is 4.79 Å². The molecule has 2 aliphatic rings. The molecule has 1 spiro atoms. The molecule has 0 fully saturated rings. The van der Waals surface area contributed by atoms with Gasteiger partial charge in [0.25, 0.3) is 5.91 Å². The number of carbonyl (C=O) groups excluding carboxylic acids is 1. The molecule has 2 heterocycles. The summed E-state index contributed by atoms with van der Waals surface area (Å²) < 4.78 is 0. The number of anilines is 2. The number of nitrogens with zero attached hydrogens (tertiary/aromatic N) is 3. The van der Waals surface area contributed by atoms with Crippen LogP contribution in [0.4, 0.5) is 11.4 Å². The fourth-order valence-corrected chi connectivity index (χ4v) is 4.31. The van der Waals surface area contributed by atoms with E-state index in [0.29, 0.717) is 0 Å². The SMILES string of the molecule is CCCN(c1ccncc1)N1C(=O)C2(C=c3ccccc3=C2)c2ccccc21. The molecule has 0 radical (unpaired) electrons. The summed E-state index contributed by atoms with van der Waals surface area (Å²) in [5, 5.41) is 6.15. The Labute approximate surface area is 164 Å². The minimum absolute atomic E-state index is 0.0650. The molecular formula is C24H21N3O. The maximum Gasteiger partial charge on any atom is 0.264 e. The summed E-state index contributed by atoms with van der Waals surface area (Å²) in [6.45, 7) is 2.87. The molecular weight excluding hydrogens is 346 g/mol. The number of carbonyl (C=O) groups is 1. The third-order valence-electron chi connectivity index (χ3n) is 5.52. The van der Waals surface area contributed by atoms with Crippen LogP contribution in [-0.2, 0) is 10.2 Å². The lowest BCUT2D eigenvalue weighted by molar-refractivity contribution is -0.119. The van der Waals surface area contributed by atoms with Crippen molar-refractivity contribution >= 4 is 29.4 Å². The minimum atomic E-state index is -0.751. The zero-order valence-electron chi connectivity index (χ0n) is 15.7. The van der Waals surface area contributed by atoms with Gasteiger partial charge in [-0.15, -0.1) is 0 Å². The first-order valence-electron chi connectivity index (χ1n) is 9.67. The van der Waals surface area contributed by atoms with Crippen molar-refractivity contribution in [2.45, 2.75) is 18.8 Å². The zero-order chi connectivity index (χ0) is 19.1. The average Bonchev–Trinajstić information content (AvgIpc) is 3.24. The number of amides is 1. The predicted octanol–water partition coefficient (Wildman–Crippen LogP) is 2.77. The van der Waals surface area contributed by atoms with E-state index in [1.807, 2.05) is 47.5 Å². The summed E-state index contributed by atoms with van der Waals surface area (Å²) >= 11 is 0. The van der Waals surface area contributed by atoms with Crippen LogP contribution < -0.4 is 20.5 Å². The van der Waals surface area contributed by atoms with Crippen molar-refractivity contribution in [1.29, 1.82) is 0 Å². The maximum atomic E-state index is 14.0. The second kappa shape index (κ2) is 6.34. The molecule has 4 nitrogen and oxygen atoms in total. The Morgan fingerprint density at radius 2 is 1.57 bits per heavy atom. The molecule has 4 heteroatoms. The van der Waals surface area contributed by atoms with E-state index in [2.05, 4.69) is 47.3 Å². The van der Waals surface area contributed by atoms with Gasteiger partial charge in [-0.1, -0.05) is 61.5 Å². The highest BCUT2D eigenvalue weighted by molar-refractivity contribution is 6.18. The average molecular weight is 367 g/mol. The van der Waals surface area contributed by atoms with Crippen molar-refractivity contribution in [3.8, 4) is 0 Å². The molecule has 5 rings (SSSR count). The number of hydrazine groups is 1. The highest BCUT2D eigenvalue weighted by atomic mass is 16.2. The second-order valence-electron chi connectivity index (χ2n) is 7.25. The van der Waals surface area contributed by atoms with E-state index < -0.39 is 5.41 Å². The Balaban J connectivity index is 1.72. The maximum absolute atomic E-state index is 14.0. The Morgan fingerprint density at radius 1 is 0.929 bits per heavy atom. The van der Waals surface area contributed by atoms with E-state index in [-0.39, 0.29) is 5.91 Å². The van der Waals surface area contributed by atoms with Crippen molar-refractivity contribution in [2.24, 2.45) is 0 Å². The largest absolute Gasteiger partial charge is 0.278 e. The van der Waals surface area contributed by atoms with E-state index >= 15 is 0 Å². The van der Waals surface area contributed by atoms with Crippen LogP contribution in [0.2, 0.25) is 0 Å². The Morgan fingerprint density at radius 3 is 2.25 bits per heavy atom. The Kier molecular flexibility index (Phi) is 3.79. The Bertz CT molecular complexity index is 1130. The lowest BCUT2D eigenvalue weighted by atomic mass is 9.83. The van der Waals surface area contributed by atoms with Gasteiger partial charge in [0, 0.05) is 24.5 Å². The summed E-state index contributed by atoms with van der Waals surface area (Å²) in [5.74, 6) is 0.0650. The molecule has 1 aliphatic heterocycles. The van der Waals surface area contributed by atoms with Gasteiger partial charge in [0.15, 0.2) is 0 Å². The number of fused-ring (bicyclic) bond motifs is 3. The van der Waals surface area contributed by atoms with Crippen LogP contribution in [0, 0.1) is 0 Å². The third-order valence-corrected chi connectivity index (χ3v) is 5.52. The summed E-state index contributed by atoms with van der Waals surface area (Å²) in [4.78, 5) is 18.1. The first-order valence-corrected chi connectivity index (χ1v) is 9.67. The lowest BCUT2D eigenvalue weighted by Crippen LogP contribution is -2.49. The lowest BCUT2D eigenvalue weighted by Gasteiger charge is -2.34. The molecule has 0 atom stereocenters. The first-order chi connectivity index (χ1) is 13.7. The fraction of sp³-hybridized carbons (Fsp3) is 0.167. The van der Waals surface area contributed by atoms with Crippen LogP contribution >= 0.6 is 0 Å². The third kappa shape index (κ3) is 2.31. The van der Waals surface area contributed by atoms with Crippen LogP contribution in [0.1, 0.15) is 18.9 Å². The quantitative estimate of drug-likeness (QED) is 0.712. The van der Waals surface area contributed by atoms with Gasteiger partial charge >= 0.3 is 0 Å². The summed E-state index contributed by atoms with van der Waals surface area (Å²) in [6.07, 6.45) is 8.68. The van der Waals surface area contributed by atoms with E-state index in [1.165, 1.54) is 0 Å². The number of hydrogen-bond acceptors (Lipinski definition) is 3. The summed E-state index contributed by atoms with van der Waals surface area (Å²) in [5.41, 5.74) is 2.19. The highest BCUT2D eigenvalue weighted by Gasteiger charge is 2.51. The predicted molar refractivity (Wildman–Crippen MR) is 112 cm³/mol. The van der Waals surface area contributed by atoms with Gasteiger partial charge in [-0.3, -0.25) is 14.8 Å². The first kappa shape index (κ1) is 16.8. The van der Waals surface area contributed by atoms with Crippen LogP contribution in [0.5, 0.6) is 0 Å². The second-order valence-corrected chi connectivity index (χ2v) is 7.25. The van der Waals surface area contributed by atoms with E-state index in [0.717, 1.165) is 40.3 Å². The van der Waals surface area contributed by atoms with Crippen LogP contribution in [-0.4, -0.2) is 17.4 Å². The molecule has 0 saturated carbocycles. The topological polar surface area (TPSA) is 36.4 Å². The summed E-state index contributed by atoms with van der Waals surface area (Å²) in [6, 6.07) is 20.2. The molecule has 0 bridgehead atoms. The van der Waals surface area contributed by atoms with Crippen LogP contribution in [0.15, 0.2) is 73.1 Å². The van der Waals surface area contributed by atoms with Crippen molar-refractivity contribution in [2.75, 3.05) is 16.6 Å². The van der Waals surface area contributed by atoms with Gasteiger partial charge in [-0.25, -0.2) is 5.01 Å². The van der Waals surface area contributed by atoms with Gasteiger partial charge in [0.05, 0.1) is 11.4 Å². The van der Waals surface area contributed by atoms with Gasteiger partial charge < -0.3 is 0 Å².